The van der Waals surface area contributed by atoms with Crippen LogP contribution in [0, 0.1) is 0 Å². The number of hydrogen-bond acceptors (Lipinski definition) is 3. The fourth-order valence-electron chi connectivity index (χ4n) is 2.75. The molecule has 1 aromatic heterocycles. The molecular weight excluding hydrogens is 244 g/mol. The minimum atomic E-state index is 0.0206. The molecule has 0 saturated carbocycles. The van der Waals surface area contributed by atoms with E-state index in [2.05, 4.69) is 19.2 Å². The maximum Gasteiger partial charge on any atom is 0.254 e. The van der Waals surface area contributed by atoms with E-state index < -0.39 is 0 Å². The van der Waals surface area contributed by atoms with Crippen LogP contribution in [0.15, 0.2) is 0 Å². The second kappa shape index (κ2) is 5.74. The summed E-state index contributed by atoms with van der Waals surface area (Å²) in [5.74, 6) is 0.539. The lowest BCUT2D eigenvalue weighted by Crippen LogP contribution is -2.26. The number of amides is 1. The zero-order valence-corrected chi connectivity index (χ0v) is 12.0. The van der Waals surface area contributed by atoms with Gasteiger partial charge in [-0.25, -0.2) is 0 Å². The van der Waals surface area contributed by atoms with Gasteiger partial charge in [0, 0.05) is 11.4 Å². The predicted octanol–water partition coefficient (Wildman–Crippen LogP) is 3.30. The molecule has 0 radical (unpaired) electrons. The highest BCUT2D eigenvalue weighted by Crippen LogP contribution is 2.43. The van der Waals surface area contributed by atoms with Gasteiger partial charge in [0.1, 0.15) is 0 Å². The molecule has 1 aliphatic rings. The lowest BCUT2D eigenvalue weighted by atomic mass is 9.83. The number of nitrogens with one attached hydrogen (secondary N) is 1. The molecule has 1 aliphatic carbocycles. The molecule has 4 heteroatoms. The molecule has 18 heavy (non-hydrogen) atoms. The maximum absolute atomic E-state index is 12.2. The van der Waals surface area contributed by atoms with Crippen LogP contribution in [0.4, 0.5) is 5.00 Å². The molecule has 0 saturated heterocycles. The van der Waals surface area contributed by atoms with Crippen LogP contribution in [-0.4, -0.2) is 12.5 Å². The predicted molar refractivity (Wildman–Crippen MR) is 77.3 cm³/mol. The Balaban J connectivity index is 2.35. The Morgan fingerprint density at radius 1 is 1.50 bits per heavy atom. The highest BCUT2D eigenvalue weighted by molar-refractivity contribution is 7.16. The van der Waals surface area contributed by atoms with Gasteiger partial charge < -0.3 is 11.1 Å². The number of carbonyl (C=O) groups is 1. The highest BCUT2D eigenvalue weighted by Gasteiger charge is 2.29. The molecule has 0 fully saturated rings. The molecular formula is C14H22N2OS. The molecule has 0 aromatic carbocycles. The minimum Gasteiger partial charge on any atom is -0.390 e. The summed E-state index contributed by atoms with van der Waals surface area (Å²) in [7, 11) is 0. The van der Waals surface area contributed by atoms with Crippen molar-refractivity contribution in [2.24, 2.45) is 0 Å². The van der Waals surface area contributed by atoms with Crippen LogP contribution in [-0.2, 0) is 6.42 Å². The Morgan fingerprint density at radius 2 is 2.28 bits per heavy atom. The lowest BCUT2D eigenvalue weighted by molar-refractivity contribution is 0.0953. The van der Waals surface area contributed by atoms with Gasteiger partial charge in [0.2, 0.25) is 0 Å². The van der Waals surface area contributed by atoms with E-state index in [1.54, 1.807) is 11.3 Å². The molecule has 0 spiro atoms. The fourth-order valence-corrected chi connectivity index (χ4v) is 3.95. The molecule has 1 amide bonds. The summed E-state index contributed by atoms with van der Waals surface area (Å²) in [6.45, 7) is 4.97. The van der Waals surface area contributed by atoms with Crippen molar-refractivity contribution >= 4 is 22.2 Å². The van der Waals surface area contributed by atoms with Gasteiger partial charge in [0.15, 0.2) is 0 Å². The third-order valence-corrected chi connectivity index (χ3v) is 4.76. The van der Waals surface area contributed by atoms with Crippen molar-refractivity contribution < 1.29 is 4.79 Å². The van der Waals surface area contributed by atoms with Crippen LogP contribution >= 0.6 is 11.3 Å². The molecule has 1 unspecified atom stereocenters. The standard InChI is InChI=1S/C14H22N2OS/c1-3-8-16-14(17)12-11-9(4-2)6-5-7-10(11)18-13(12)15/h9H,3-8,15H2,1-2H3,(H,16,17). The summed E-state index contributed by atoms with van der Waals surface area (Å²) in [4.78, 5) is 13.6. The first-order valence-corrected chi connectivity index (χ1v) is 7.69. The third kappa shape index (κ3) is 2.39. The molecule has 3 N–H and O–H groups in total. The van der Waals surface area contributed by atoms with E-state index >= 15 is 0 Å². The van der Waals surface area contributed by atoms with Crippen molar-refractivity contribution in [2.45, 2.75) is 51.9 Å². The van der Waals surface area contributed by atoms with Crippen LogP contribution in [0.25, 0.3) is 0 Å². The monoisotopic (exact) mass is 266 g/mol. The largest absolute Gasteiger partial charge is 0.390 e. The summed E-state index contributed by atoms with van der Waals surface area (Å²) in [6, 6.07) is 0. The Hall–Kier alpha value is -1.03. The van der Waals surface area contributed by atoms with E-state index in [1.165, 1.54) is 23.3 Å². The van der Waals surface area contributed by atoms with Crippen molar-refractivity contribution in [1.29, 1.82) is 0 Å². The number of nitrogens with two attached hydrogens (primary N) is 1. The number of carbonyl (C=O) groups excluding carboxylic acids is 1. The van der Waals surface area contributed by atoms with Crippen molar-refractivity contribution in [2.75, 3.05) is 12.3 Å². The first-order chi connectivity index (χ1) is 8.69. The number of aryl methyl sites for hydroxylation is 1. The van der Waals surface area contributed by atoms with Gasteiger partial charge in [0.25, 0.3) is 5.91 Å². The Bertz CT molecular complexity index is 439. The normalized spacial score (nSPS) is 18.4. The summed E-state index contributed by atoms with van der Waals surface area (Å²) >= 11 is 1.61. The topological polar surface area (TPSA) is 55.1 Å². The average molecular weight is 266 g/mol. The Kier molecular flexibility index (Phi) is 4.27. The molecule has 1 atom stereocenters. The van der Waals surface area contributed by atoms with E-state index in [0.717, 1.165) is 31.4 Å². The summed E-state index contributed by atoms with van der Waals surface area (Å²) < 4.78 is 0. The van der Waals surface area contributed by atoms with Crippen molar-refractivity contribution in [3.05, 3.63) is 16.0 Å². The number of anilines is 1. The molecule has 1 heterocycles. The van der Waals surface area contributed by atoms with Gasteiger partial charge in [-0.05, 0) is 43.6 Å². The molecule has 0 aliphatic heterocycles. The van der Waals surface area contributed by atoms with Gasteiger partial charge >= 0.3 is 0 Å². The summed E-state index contributed by atoms with van der Waals surface area (Å²) in [5, 5.41) is 3.66. The Morgan fingerprint density at radius 3 is 2.94 bits per heavy atom. The van der Waals surface area contributed by atoms with E-state index in [0.29, 0.717) is 10.9 Å². The first kappa shape index (κ1) is 13.4. The number of hydrogen-bond donors (Lipinski definition) is 2. The molecule has 1 aromatic rings. The third-order valence-electron chi connectivity index (χ3n) is 3.67. The van der Waals surface area contributed by atoms with E-state index in [1.807, 2.05) is 0 Å². The van der Waals surface area contributed by atoms with Crippen molar-refractivity contribution in [3.63, 3.8) is 0 Å². The quantitative estimate of drug-likeness (QED) is 0.878. The molecule has 100 valence electrons. The summed E-state index contributed by atoms with van der Waals surface area (Å²) in [5.41, 5.74) is 8.09. The van der Waals surface area contributed by atoms with Gasteiger partial charge in [-0.1, -0.05) is 13.8 Å². The van der Waals surface area contributed by atoms with Crippen LogP contribution in [0.5, 0.6) is 0 Å². The Labute approximate surface area is 113 Å². The van der Waals surface area contributed by atoms with Crippen LogP contribution in [0.2, 0.25) is 0 Å². The van der Waals surface area contributed by atoms with Crippen LogP contribution in [0.3, 0.4) is 0 Å². The van der Waals surface area contributed by atoms with Crippen molar-refractivity contribution in [3.8, 4) is 0 Å². The SMILES string of the molecule is CCCNC(=O)c1c(N)sc2c1C(CC)CCC2. The summed E-state index contributed by atoms with van der Waals surface area (Å²) in [6.07, 6.45) is 5.55. The van der Waals surface area contributed by atoms with E-state index in [9.17, 15) is 4.79 Å². The zero-order valence-electron chi connectivity index (χ0n) is 11.2. The van der Waals surface area contributed by atoms with Crippen LogP contribution in [0.1, 0.15) is 66.2 Å². The first-order valence-electron chi connectivity index (χ1n) is 6.88. The molecule has 3 nitrogen and oxygen atoms in total. The van der Waals surface area contributed by atoms with Gasteiger partial charge in [-0.15, -0.1) is 11.3 Å². The van der Waals surface area contributed by atoms with E-state index in [-0.39, 0.29) is 5.91 Å². The fraction of sp³-hybridized carbons (Fsp3) is 0.643. The van der Waals surface area contributed by atoms with E-state index in [4.69, 9.17) is 5.73 Å². The molecule has 2 rings (SSSR count). The second-order valence-electron chi connectivity index (χ2n) is 4.93. The molecule has 0 bridgehead atoms. The maximum atomic E-state index is 12.2. The van der Waals surface area contributed by atoms with Gasteiger partial charge in [0.05, 0.1) is 10.6 Å². The van der Waals surface area contributed by atoms with Crippen molar-refractivity contribution in [1.82, 2.24) is 5.32 Å². The van der Waals surface area contributed by atoms with Crippen LogP contribution < -0.4 is 11.1 Å². The highest BCUT2D eigenvalue weighted by atomic mass is 32.1. The zero-order chi connectivity index (χ0) is 13.1. The number of nitrogen functional groups attached to an aromatic ring is 1. The smallest absolute Gasteiger partial charge is 0.254 e. The average Bonchev–Trinajstić information content (AvgIpc) is 2.71. The number of fused-ring (bicyclic) bond motifs is 1. The lowest BCUT2D eigenvalue weighted by Gasteiger charge is -2.22. The second-order valence-corrected chi connectivity index (χ2v) is 6.07. The van der Waals surface area contributed by atoms with Gasteiger partial charge in [-0.2, -0.15) is 0 Å². The number of thiophene rings is 1. The van der Waals surface area contributed by atoms with Gasteiger partial charge in [-0.3, -0.25) is 4.79 Å². The minimum absolute atomic E-state index is 0.0206. The number of rotatable bonds is 4.